The van der Waals surface area contributed by atoms with E-state index in [9.17, 15) is 19.2 Å². The fourth-order valence-corrected chi connectivity index (χ4v) is 4.36. The number of allylic oxidation sites excluding steroid dienone is 2. The number of benzene rings is 1. The number of anilines is 1. The van der Waals surface area contributed by atoms with Crippen molar-refractivity contribution < 1.29 is 23.9 Å². The van der Waals surface area contributed by atoms with Gasteiger partial charge < -0.3 is 10.1 Å². The number of ether oxygens (including phenoxy) is 1. The van der Waals surface area contributed by atoms with Crippen LogP contribution in [0.25, 0.3) is 0 Å². The van der Waals surface area contributed by atoms with Crippen LogP contribution in [0, 0.1) is 30.6 Å². The fourth-order valence-electron chi connectivity index (χ4n) is 4.36. The van der Waals surface area contributed by atoms with E-state index in [-0.39, 0.29) is 35.5 Å². The molecule has 27 heavy (non-hydrogen) atoms. The number of nitrogens with one attached hydrogen (secondary N) is 1. The molecule has 0 unspecified atom stereocenters. The summed E-state index contributed by atoms with van der Waals surface area (Å²) in [4.78, 5) is 50.0. The Morgan fingerprint density at radius 1 is 1.15 bits per heavy atom. The minimum Gasteiger partial charge on any atom is -0.454 e. The summed E-state index contributed by atoms with van der Waals surface area (Å²) in [5.74, 6) is -2.35. The van der Waals surface area contributed by atoms with Gasteiger partial charge in [0.2, 0.25) is 11.8 Å². The molecule has 1 aliphatic heterocycles. The van der Waals surface area contributed by atoms with E-state index in [1.165, 1.54) is 0 Å². The summed E-state index contributed by atoms with van der Waals surface area (Å²) in [5.41, 5.74) is 1.60. The lowest BCUT2D eigenvalue weighted by Crippen LogP contribution is -2.38. The molecule has 0 spiro atoms. The Morgan fingerprint density at radius 2 is 1.81 bits per heavy atom. The molecule has 1 aromatic rings. The van der Waals surface area contributed by atoms with Gasteiger partial charge in [0.05, 0.1) is 11.8 Å². The number of hydrogen-bond donors (Lipinski definition) is 1. The van der Waals surface area contributed by atoms with Gasteiger partial charge in [-0.15, -0.1) is 0 Å². The number of imide groups is 1. The van der Waals surface area contributed by atoms with Crippen LogP contribution in [0.15, 0.2) is 36.4 Å². The number of carbonyl (C=O) groups is 4. The van der Waals surface area contributed by atoms with E-state index in [1.807, 2.05) is 25.1 Å². The van der Waals surface area contributed by atoms with Gasteiger partial charge in [0.1, 0.15) is 6.54 Å². The number of rotatable bonds is 5. The molecule has 4 rings (SSSR count). The van der Waals surface area contributed by atoms with Crippen molar-refractivity contribution in [2.45, 2.75) is 13.3 Å². The zero-order valence-corrected chi connectivity index (χ0v) is 14.9. The highest BCUT2D eigenvalue weighted by Gasteiger charge is 2.59. The van der Waals surface area contributed by atoms with Crippen molar-refractivity contribution in [1.82, 2.24) is 4.90 Å². The van der Waals surface area contributed by atoms with Crippen LogP contribution in [-0.2, 0) is 23.9 Å². The van der Waals surface area contributed by atoms with Crippen molar-refractivity contribution in [2.24, 2.45) is 23.7 Å². The normalized spacial score (nSPS) is 27.8. The van der Waals surface area contributed by atoms with Gasteiger partial charge in [-0.2, -0.15) is 0 Å². The molecule has 2 fully saturated rings. The van der Waals surface area contributed by atoms with Crippen molar-refractivity contribution in [3.63, 3.8) is 0 Å². The molecule has 1 saturated heterocycles. The van der Waals surface area contributed by atoms with Crippen LogP contribution in [-0.4, -0.2) is 41.7 Å². The van der Waals surface area contributed by atoms with E-state index in [4.69, 9.17) is 4.74 Å². The highest BCUT2D eigenvalue weighted by Crippen LogP contribution is 2.52. The van der Waals surface area contributed by atoms with Crippen molar-refractivity contribution >= 4 is 29.4 Å². The quantitative estimate of drug-likeness (QED) is 0.480. The standard InChI is InChI=1S/C20H20N2O5/c1-11-3-2-4-14(7-11)21-15(23)10-27-16(24)9-22-19(25)17-12-5-6-13(8-12)18(17)20(22)26/h2-7,12-13,17-18H,8-10H2,1H3,(H,21,23)/t12-,13-,17-,18-/m0/s1. The van der Waals surface area contributed by atoms with Crippen LogP contribution in [0.4, 0.5) is 5.69 Å². The van der Waals surface area contributed by atoms with Gasteiger partial charge >= 0.3 is 5.97 Å². The predicted octanol–water partition coefficient (Wildman–Crippen LogP) is 1.28. The topological polar surface area (TPSA) is 92.8 Å². The number of fused-ring (bicyclic) bond motifs is 5. The lowest BCUT2D eigenvalue weighted by Gasteiger charge is -2.16. The molecule has 4 atom stereocenters. The number of nitrogens with zero attached hydrogens (tertiary/aromatic N) is 1. The lowest BCUT2D eigenvalue weighted by atomic mass is 9.85. The molecule has 0 radical (unpaired) electrons. The third-order valence-corrected chi connectivity index (χ3v) is 5.51. The average molecular weight is 368 g/mol. The van der Waals surface area contributed by atoms with Crippen molar-refractivity contribution in [2.75, 3.05) is 18.5 Å². The maximum absolute atomic E-state index is 12.5. The van der Waals surface area contributed by atoms with E-state index in [1.54, 1.807) is 18.2 Å². The van der Waals surface area contributed by atoms with Crippen molar-refractivity contribution in [3.8, 4) is 0 Å². The van der Waals surface area contributed by atoms with Crippen LogP contribution in [0.5, 0.6) is 0 Å². The summed E-state index contributed by atoms with van der Waals surface area (Å²) in [7, 11) is 0. The third kappa shape index (κ3) is 3.13. The molecular formula is C20H20N2O5. The molecule has 3 aliphatic rings. The monoisotopic (exact) mass is 368 g/mol. The van der Waals surface area contributed by atoms with Crippen LogP contribution >= 0.6 is 0 Å². The van der Waals surface area contributed by atoms with Crippen LogP contribution in [0.1, 0.15) is 12.0 Å². The molecular weight excluding hydrogens is 348 g/mol. The van der Waals surface area contributed by atoms with E-state index < -0.39 is 25.0 Å². The zero-order chi connectivity index (χ0) is 19.1. The minimum absolute atomic E-state index is 0.0950. The number of carbonyl (C=O) groups excluding carboxylic acids is 4. The number of amides is 3. The van der Waals surface area contributed by atoms with Gasteiger partial charge in [-0.1, -0.05) is 24.3 Å². The second-order valence-corrected chi connectivity index (χ2v) is 7.34. The highest BCUT2D eigenvalue weighted by molar-refractivity contribution is 6.08. The van der Waals surface area contributed by atoms with Gasteiger partial charge in [0.15, 0.2) is 6.61 Å². The summed E-state index contributed by atoms with van der Waals surface area (Å²) in [5, 5.41) is 2.63. The van der Waals surface area contributed by atoms with Gasteiger partial charge in [-0.05, 0) is 42.9 Å². The second kappa shape index (κ2) is 6.64. The van der Waals surface area contributed by atoms with Crippen LogP contribution in [0.2, 0.25) is 0 Å². The molecule has 2 bridgehead atoms. The summed E-state index contributed by atoms with van der Waals surface area (Å²) >= 11 is 0. The Bertz CT molecular complexity index is 832. The molecule has 1 aromatic carbocycles. The molecule has 140 valence electrons. The van der Waals surface area contributed by atoms with E-state index >= 15 is 0 Å². The summed E-state index contributed by atoms with van der Waals surface area (Å²) < 4.78 is 4.94. The Hall–Kier alpha value is -2.96. The molecule has 1 saturated carbocycles. The average Bonchev–Trinajstić information content (AvgIpc) is 3.30. The maximum Gasteiger partial charge on any atom is 0.326 e. The smallest absolute Gasteiger partial charge is 0.326 e. The maximum atomic E-state index is 12.5. The first-order valence-electron chi connectivity index (χ1n) is 9.00. The van der Waals surface area contributed by atoms with E-state index in [0.29, 0.717) is 5.69 Å². The Morgan fingerprint density at radius 3 is 2.44 bits per heavy atom. The number of likely N-dealkylation sites (tertiary alicyclic amines) is 1. The first-order valence-corrected chi connectivity index (χ1v) is 9.00. The minimum atomic E-state index is -0.767. The molecule has 7 nitrogen and oxygen atoms in total. The summed E-state index contributed by atoms with van der Waals surface area (Å²) in [6.45, 7) is 0.987. The number of aryl methyl sites for hydroxylation is 1. The number of hydrogen-bond acceptors (Lipinski definition) is 5. The van der Waals surface area contributed by atoms with Crippen LogP contribution < -0.4 is 5.32 Å². The van der Waals surface area contributed by atoms with Gasteiger partial charge in [0.25, 0.3) is 5.91 Å². The fraction of sp³-hybridized carbons (Fsp3) is 0.400. The Labute approximate surface area is 156 Å². The lowest BCUT2D eigenvalue weighted by molar-refractivity contribution is -0.154. The van der Waals surface area contributed by atoms with E-state index in [0.717, 1.165) is 16.9 Å². The largest absolute Gasteiger partial charge is 0.454 e. The molecule has 1 N–H and O–H groups in total. The van der Waals surface area contributed by atoms with Crippen molar-refractivity contribution in [1.29, 1.82) is 0 Å². The predicted molar refractivity (Wildman–Crippen MR) is 95.2 cm³/mol. The Balaban J connectivity index is 1.29. The van der Waals surface area contributed by atoms with Gasteiger partial charge in [-0.3, -0.25) is 24.1 Å². The second-order valence-electron chi connectivity index (χ2n) is 7.34. The zero-order valence-electron chi connectivity index (χ0n) is 14.9. The van der Waals surface area contributed by atoms with Gasteiger partial charge in [-0.25, -0.2) is 0 Å². The molecule has 0 aromatic heterocycles. The summed E-state index contributed by atoms with van der Waals surface area (Å²) in [6, 6.07) is 7.23. The summed E-state index contributed by atoms with van der Waals surface area (Å²) in [6.07, 6.45) is 4.83. The SMILES string of the molecule is Cc1cccc(NC(=O)COC(=O)CN2C(=O)[C@@H]3[C@@H](C2=O)[C@H]2C=C[C@H]3C2)c1. The number of esters is 1. The van der Waals surface area contributed by atoms with E-state index in [2.05, 4.69) is 5.32 Å². The molecule has 1 heterocycles. The third-order valence-electron chi connectivity index (χ3n) is 5.51. The molecule has 3 amide bonds. The first kappa shape index (κ1) is 17.5. The molecule has 2 aliphatic carbocycles. The van der Waals surface area contributed by atoms with Crippen molar-refractivity contribution in [3.05, 3.63) is 42.0 Å². The first-order chi connectivity index (χ1) is 12.9. The Kier molecular flexibility index (Phi) is 4.30. The van der Waals surface area contributed by atoms with Gasteiger partial charge in [0, 0.05) is 5.69 Å². The highest BCUT2D eigenvalue weighted by atomic mass is 16.5. The molecule has 7 heteroatoms. The van der Waals surface area contributed by atoms with Crippen LogP contribution in [0.3, 0.4) is 0 Å².